The zero-order valence-corrected chi connectivity index (χ0v) is 15.6. The first kappa shape index (κ1) is 18.5. The topological polar surface area (TPSA) is 67.4 Å². The summed E-state index contributed by atoms with van der Waals surface area (Å²) in [6, 6.07) is 15.1. The van der Waals surface area contributed by atoms with Gasteiger partial charge in [-0.25, -0.2) is 9.97 Å². The molecule has 0 spiro atoms. The Hall–Kier alpha value is -3.25. The van der Waals surface area contributed by atoms with Crippen LogP contribution in [0.15, 0.2) is 60.9 Å². The molecule has 1 heterocycles. The summed E-state index contributed by atoms with van der Waals surface area (Å²) >= 11 is 0. The molecule has 0 radical (unpaired) electrons. The van der Waals surface area contributed by atoms with E-state index in [1.54, 1.807) is 24.5 Å². The number of carbonyl (C=O) groups excluding carboxylic acids is 1. The Morgan fingerprint density at radius 1 is 1.07 bits per heavy atom. The van der Waals surface area contributed by atoms with E-state index in [9.17, 15) is 4.79 Å². The van der Waals surface area contributed by atoms with Gasteiger partial charge in [0.15, 0.2) is 0 Å². The van der Waals surface area contributed by atoms with Crippen LogP contribution in [0.4, 0.5) is 5.69 Å². The van der Waals surface area contributed by atoms with Gasteiger partial charge in [0.05, 0.1) is 0 Å². The molecule has 3 rings (SSSR count). The van der Waals surface area contributed by atoms with Crippen LogP contribution < -0.4 is 10.1 Å². The highest BCUT2D eigenvalue weighted by Gasteiger charge is 2.13. The number of anilines is 1. The summed E-state index contributed by atoms with van der Waals surface area (Å²) in [5.74, 6) is 0.443. The van der Waals surface area contributed by atoms with Crippen LogP contribution in [-0.4, -0.2) is 34.9 Å². The van der Waals surface area contributed by atoms with Crippen LogP contribution in [0.1, 0.15) is 21.5 Å². The molecule has 1 amide bonds. The maximum absolute atomic E-state index is 12.8. The van der Waals surface area contributed by atoms with Gasteiger partial charge in [-0.3, -0.25) is 4.79 Å². The molecule has 0 aliphatic heterocycles. The first-order valence-electron chi connectivity index (χ1n) is 8.62. The summed E-state index contributed by atoms with van der Waals surface area (Å²) in [6.07, 6.45) is 3.23. The number of amides is 1. The summed E-state index contributed by atoms with van der Waals surface area (Å²) in [5, 5.41) is 2.95. The molecule has 0 bridgehead atoms. The number of benzene rings is 2. The van der Waals surface area contributed by atoms with Crippen LogP contribution >= 0.6 is 0 Å². The van der Waals surface area contributed by atoms with Crippen LogP contribution in [0, 0.1) is 6.92 Å². The van der Waals surface area contributed by atoms with Gasteiger partial charge >= 0.3 is 6.01 Å². The van der Waals surface area contributed by atoms with E-state index < -0.39 is 0 Å². The minimum atomic E-state index is -0.154. The van der Waals surface area contributed by atoms with Crippen molar-refractivity contribution in [3.05, 3.63) is 77.6 Å². The highest BCUT2D eigenvalue weighted by Crippen LogP contribution is 2.26. The first-order chi connectivity index (χ1) is 13.0. The summed E-state index contributed by atoms with van der Waals surface area (Å²) in [7, 11) is 3.95. The quantitative estimate of drug-likeness (QED) is 0.720. The molecule has 27 heavy (non-hydrogen) atoms. The van der Waals surface area contributed by atoms with E-state index in [-0.39, 0.29) is 11.9 Å². The van der Waals surface area contributed by atoms with Crippen LogP contribution in [-0.2, 0) is 6.54 Å². The lowest BCUT2D eigenvalue weighted by Gasteiger charge is -2.15. The Labute approximate surface area is 158 Å². The molecular formula is C21H22N4O2. The molecule has 1 aromatic heterocycles. The molecule has 0 fully saturated rings. The van der Waals surface area contributed by atoms with Crippen LogP contribution in [0.3, 0.4) is 0 Å². The van der Waals surface area contributed by atoms with Gasteiger partial charge in [-0.15, -0.1) is 0 Å². The maximum Gasteiger partial charge on any atom is 0.321 e. The molecule has 0 aliphatic rings. The largest absolute Gasteiger partial charge is 0.424 e. The van der Waals surface area contributed by atoms with Gasteiger partial charge in [0, 0.05) is 36.3 Å². The average Bonchev–Trinajstić information content (AvgIpc) is 2.65. The van der Waals surface area contributed by atoms with Gasteiger partial charge in [-0.1, -0.05) is 24.3 Å². The van der Waals surface area contributed by atoms with Crippen LogP contribution in [0.25, 0.3) is 0 Å². The number of ether oxygens (including phenoxy) is 1. The van der Waals surface area contributed by atoms with E-state index in [0.717, 1.165) is 11.1 Å². The number of hydrogen-bond acceptors (Lipinski definition) is 5. The summed E-state index contributed by atoms with van der Waals surface area (Å²) in [4.78, 5) is 22.9. The highest BCUT2D eigenvalue weighted by atomic mass is 16.5. The second-order valence-corrected chi connectivity index (χ2v) is 6.46. The fourth-order valence-electron chi connectivity index (χ4n) is 2.64. The van der Waals surface area contributed by atoms with Gasteiger partial charge in [-0.05, 0) is 50.3 Å². The fraction of sp³-hybridized carbons (Fsp3) is 0.190. The first-order valence-corrected chi connectivity index (χ1v) is 8.62. The molecule has 0 saturated heterocycles. The number of carbonyl (C=O) groups is 1. The molecule has 2 aromatic carbocycles. The monoisotopic (exact) mass is 362 g/mol. The number of aromatic nitrogens is 2. The van der Waals surface area contributed by atoms with Crippen molar-refractivity contribution in [1.29, 1.82) is 0 Å². The predicted molar refractivity (Wildman–Crippen MR) is 105 cm³/mol. The molecule has 0 atom stereocenters. The van der Waals surface area contributed by atoms with Gasteiger partial charge in [0.2, 0.25) is 0 Å². The number of rotatable bonds is 6. The van der Waals surface area contributed by atoms with Crippen LogP contribution in [0.2, 0.25) is 0 Å². The maximum atomic E-state index is 12.8. The van der Waals surface area contributed by atoms with E-state index in [0.29, 0.717) is 23.5 Å². The smallest absolute Gasteiger partial charge is 0.321 e. The van der Waals surface area contributed by atoms with E-state index in [2.05, 4.69) is 15.3 Å². The van der Waals surface area contributed by atoms with Gasteiger partial charge in [0.1, 0.15) is 5.75 Å². The minimum absolute atomic E-state index is 0.154. The number of nitrogens with one attached hydrogen (secondary N) is 1. The lowest BCUT2D eigenvalue weighted by atomic mass is 10.1. The third-order valence-electron chi connectivity index (χ3n) is 3.94. The average molecular weight is 362 g/mol. The number of hydrogen-bond donors (Lipinski definition) is 1. The third kappa shape index (κ3) is 4.89. The van der Waals surface area contributed by atoms with Crippen molar-refractivity contribution in [3.8, 4) is 11.8 Å². The standard InChI is InChI=1S/C21H22N4O2/c1-15-9-10-17(13-19(15)27-21-22-11-6-12-23-21)24-20(26)18-8-5-4-7-16(18)14-25(2)3/h4-13H,14H2,1-3H3,(H,24,26). The second-order valence-electron chi connectivity index (χ2n) is 6.46. The van der Waals surface area contributed by atoms with Crippen molar-refractivity contribution in [3.63, 3.8) is 0 Å². The summed E-state index contributed by atoms with van der Waals surface area (Å²) < 4.78 is 5.73. The third-order valence-corrected chi connectivity index (χ3v) is 3.94. The Morgan fingerprint density at radius 2 is 1.81 bits per heavy atom. The van der Waals surface area contributed by atoms with Gasteiger partial charge in [-0.2, -0.15) is 0 Å². The predicted octanol–water partition coefficient (Wildman–Crippen LogP) is 3.89. The lowest BCUT2D eigenvalue weighted by molar-refractivity contribution is 0.102. The Kier molecular flexibility index (Phi) is 5.78. The van der Waals surface area contributed by atoms with E-state index in [4.69, 9.17) is 4.74 Å². The van der Waals surface area contributed by atoms with Crippen molar-refractivity contribution >= 4 is 11.6 Å². The molecule has 1 N–H and O–H groups in total. The zero-order valence-electron chi connectivity index (χ0n) is 15.6. The molecule has 0 saturated carbocycles. The summed E-state index contributed by atoms with van der Waals surface area (Å²) in [5.41, 5.74) is 3.20. The van der Waals surface area contributed by atoms with E-state index in [1.165, 1.54) is 0 Å². The van der Waals surface area contributed by atoms with Crippen molar-refractivity contribution in [2.75, 3.05) is 19.4 Å². The van der Waals surface area contributed by atoms with E-state index >= 15 is 0 Å². The molecule has 138 valence electrons. The SMILES string of the molecule is Cc1ccc(NC(=O)c2ccccc2CN(C)C)cc1Oc1ncccn1. The molecule has 0 aliphatic carbocycles. The van der Waals surface area contributed by atoms with Crippen molar-refractivity contribution < 1.29 is 9.53 Å². The Balaban J connectivity index is 1.80. The van der Waals surface area contributed by atoms with Crippen molar-refractivity contribution in [2.45, 2.75) is 13.5 Å². The normalized spacial score (nSPS) is 10.7. The van der Waals surface area contributed by atoms with Gasteiger partial charge in [0.25, 0.3) is 5.91 Å². The van der Waals surface area contributed by atoms with Crippen LogP contribution in [0.5, 0.6) is 11.8 Å². The molecule has 6 heteroatoms. The van der Waals surface area contributed by atoms with E-state index in [1.807, 2.05) is 62.3 Å². The van der Waals surface area contributed by atoms with Gasteiger partial charge < -0.3 is 15.0 Å². The highest BCUT2D eigenvalue weighted by molar-refractivity contribution is 6.05. The lowest BCUT2D eigenvalue weighted by Crippen LogP contribution is -2.18. The van der Waals surface area contributed by atoms with Crippen molar-refractivity contribution in [2.24, 2.45) is 0 Å². The molecule has 0 unspecified atom stereocenters. The second kappa shape index (κ2) is 8.42. The Morgan fingerprint density at radius 3 is 2.56 bits per heavy atom. The summed E-state index contributed by atoms with van der Waals surface area (Å²) in [6.45, 7) is 2.62. The number of nitrogens with zero attached hydrogens (tertiary/aromatic N) is 3. The fourth-order valence-corrected chi connectivity index (χ4v) is 2.64. The number of aryl methyl sites for hydroxylation is 1. The molecule has 6 nitrogen and oxygen atoms in total. The molecular weight excluding hydrogens is 340 g/mol. The minimum Gasteiger partial charge on any atom is -0.424 e. The van der Waals surface area contributed by atoms with Crippen molar-refractivity contribution in [1.82, 2.24) is 14.9 Å². The zero-order chi connectivity index (χ0) is 19.2. The Bertz CT molecular complexity index is 926. The molecule has 3 aromatic rings.